The van der Waals surface area contributed by atoms with Crippen molar-refractivity contribution in [3.63, 3.8) is 0 Å². The molecule has 0 aliphatic carbocycles. The normalized spacial score (nSPS) is 13.5. The standard InChI is InChI=1S/C18H26N4O2/c1-13(2)24-17-9-7-16(8-10-17)6-5-14(3)21-18(23)15(4)22-12-19-11-20-22/h7-15H,5-6H2,1-4H3,(H,21,23)/t14-,15-/m1/s1. The number of nitrogens with zero attached hydrogens (tertiary/aromatic N) is 3. The van der Waals surface area contributed by atoms with Crippen LogP contribution in [0.2, 0.25) is 0 Å². The van der Waals surface area contributed by atoms with Gasteiger partial charge in [0.05, 0.1) is 6.10 Å². The lowest BCUT2D eigenvalue weighted by atomic mass is 10.1. The van der Waals surface area contributed by atoms with E-state index in [1.165, 1.54) is 11.9 Å². The zero-order chi connectivity index (χ0) is 17.5. The molecule has 1 aromatic heterocycles. The maximum Gasteiger partial charge on any atom is 0.244 e. The number of hydrogen-bond acceptors (Lipinski definition) is 4. The lowest BCUT2D eigenvalue weighted by molar-refractivity contribution is -0.124. The second-order valence-corrected chi connectivity index (χ2v) is 6.31. The molecule has 1 heterocycles. The van der Waals surface area contributed by atoms with E-state index >= 15 is 0 Å². The van der Waals surface area contributed by atoms with Gasteiger partial charge in [0.15, 0.2) is 0 Å². The molecule has 0 saturated heterocycles. The second-order valence-electron chi connectivity index (χ2n) is 6.31. The third-order valence-electron chi connectivity index (χ3n) is 3.76. The molecule has 0 unspecified atom stereocenters. The Kier molecular flexibility index (Phi) is 6.35. The van der Waals surface area contributed by atoms with Gasteiger partial charge in [-0.1, -0.05) is 12.1 Å². The van der Waals surface area contributed by atoms with E-state index in [0.717, 1.165) is 18.6 Å². The summed E-state index contributed by atoms with van der Waals surface area (Å²) in [5.41, 5.74) is 1.23. The Morgan fingerprint density at radius 1 is 1.21 bits per heavy atom. The fraction of sp³-hybridized carbons (Fsp3) is 0.500. The summed E-state index contributed by atoms with van der Waals surface area (Å²) in [7, 11) is 0. The molecule has 0 bridgehead atoms. The highest BCUT2D eigenvalue weighted by Gasteiger charge is 2.17. The van der Waals surface area contributed by atoms with Gasteiger partial charge in [0.25, 0.3) is 0 Å². The van der Waals surface area contributed by atoms with Crippen molar-refractivity contribution in [2.45, 2.75) is 58.7 Å². The molecule has 2 atom stereocenters. The van der Waals surface area contributed by atoms with Crippen molar-refractivity contribution in [3.05, 3.63) is 42.5 Å². The van der Waals surface area contributed by atoms with E-state index in [-0.39, 0.29) is 24.1 Å². The quantitative estimate of drug-likeness (QED) is 0.808. The monoisotopic (exact) mass is 330 g/mol. The van der Waals surface area contributed by atoms with Crippen molar-refractivity contribution < 1.29 is 9.53 Å². The molecule has 1 amide bonds. The van der Waals surface area contributed by atoms with E-state index < -0.39 is 0 Å². The van der Waals surface area contributed by atoms with Crippen molar-refractivity contribution >= 4 is 5.91 Å². The summed E-state index contributed by atoms with van der Waals surface area (Å²) in [6, 6.07) is 7.86. The first-order valence-corrected chi connectivity index (χ1v) is 8.35. The number of aryl methyl sites for hydroxylation is 1. The molecule has 0 fully saturated rings. The third-order valence-corrected chi connectivity index (χ3v) is 3.76. The second kappa shape index (κ2) is 8.47. The minimum Gasteiger partial charge on any atom is -0.491 e. The van der Waals surface area contributed by atoms with Crippen LogP contribution in [0.15, 0.2) is 36.9 Å². The highest BCUT2D eigenvalue weighted by molar-refractivity contribution is 5.79. The van der Waals surface area contributed by atoms with Gasteiger partial charge in [-0.3, -0.25) is 4.79 Å². The molecule has 6 heteroatoms. The zero-order valence-electron chi connectivity index (χ0n) is 14.8. The maximum absolute atomic E-state index is 12.2. The fourth-order valence-electron chi connectivity index (χ4n) is 2.36. The number of rotatable bonds is 8. The van der Waals surface area contributed by atoms with Crippen LogP contribution in [0, 0.1) is 0 Å². The summed E-state index contributed by atoms with van der Waals surface area (Å²) in [4.78, 5) is 16.1. The molecular weight excluding hydrogens is 304 g/mol. The average Bonchev–Trinajstić information content (AvgIpc) is 3.07. The van der Waals surface area contributed by atoms with Crippen LogP contribution in [0.4, 0.5) is 0 Å². The maximum atomic E-state index is 12.2. The van der Waals surface area contributed by atoms with E-state index in [0.29, 0.717) is 0 Å². The topological polar surface area (TPSA) is 69.0 Å². The van der Waals surface area contributed by atoms with Crippen molar-refractivity contribution in [1.29, 1.82) is 0 Å². The van der Waals surface area contributed by atoms with Crippen LogP contribution in [0.25, 0.3) is 0 Å². The van der Waals surface area contributed by atoms with Crippen LogP contribution in [-0.4, -0.2) is 32.8 Å². The SMILES string of the molecule is CC(C)Oc1ccc(CC[C@@H](C)NC(=O)[C@@H](C)n2cncn2)cc1. The number of benzene rings is 1. The number of carbonyl (C=O) groups is 1. The Balaban J connectivity index is 1.78. The summed E-state index contributed by atoms with van der Waals surface area (Å²) >= 11 is 0. The summed E-state index contributed by atoms with van der Waals surface area (Å²) in [6.45, 7) is 7.85. The number of hydrogen-bond donors (Lipinski definition) is 1. The van der Waals surface area contributed by atoms with Gasteiger partial charge in [-0.15, -0.1) is 0 Å². The molecule has 130 valence electrons. The van der Waals surface area contributed by atoms with E-state index in [1.54, 1.807) is 11.0 Å². The Labute approximate surface area is 143 Å². The van der Waals surface area contributed by atoms with Gasteiger partial charge in [0.1, 0.15) is 24.4 Å². The molecule has 6 nitrogen and oxygen atoms in total. The fourth-order valence-corrected chi connectivity index (χ4v) is 2.36. The van der Waals surface area contributed by atoms with Crippen molar-refractivity contribution in [3.8, 4) is 5.75 Å². The van der Waals surface area contributed by atoms with Crippen LogP contribution in [0.1, 0.15) is 45.7 Å². The largest absolute Gasteiger partial charge is 0.491 e. The van der Waals surface area contributed by atoms with Crippen molar-refractivity contribution in [2.24, 2.45) is 0 Å². The van der Waals surface area contributed by atoms with E-state index in [1.807, 2.05) is 39.8 Å². The summed E-state index contributed by atoms with van der Waals surface area (Å²) in [5.74, 6) is 0.838. The van der Waals surface area contributed by atoms with Gasteiger partial charge in [-0.25, -0.2) is 9.67 Å². The molecule has 24 heavy (non-hydrogen) atoms. The molecule has 2 aromatic rings. The molecule has 1 N–H and O–H groups in total. The predicted octanol–water partition coefficient (Wildman–Crippen LogP) is 2.76. The Bertz CT molecular complexity index is 623. The molecule has 2 rings (SSSR count). The highest BCUT2D eigenvalue weighted by Crippen LogP contribution is 2.15. The molecule has 0 radical (unpaired) electrons. The lowest BCUT2D eigenvalue weighted by Gasteiger charge is -2.17. The zero-order valence-corrected chi connectivity index (χ0v) is 14.8. The van der Waals surface area contributed by atoms with Crippen molar-refractivity contribution in [1.82, 2.24) is 20.1 Å². The minimum absolute atomic E-state index is 0.0475. The Hall–Kier alpha value is -2.37. The van der Waals surface area contributed by atoms with Crippen LogP contribution >= 0.6 is 0 Å². The summed E-state index contributed by atoms with van der Waals surface area (Å²) < 4.78 is 7.19. The van der Waals surface area contributed by atoms with E-state index in [9.17, 15) is 4.79 Å². The van der Waals surface area contributed by atoms with Crippen LogP contribution in [-0.2, 0) is 11.2 Å². The number of amides is 1. The van der Waals surface area contributed by atoms with E-state index in [2.05, 4.69) is 27.5 Å². The predicted molar refractivity (Wildman–Crippen MR) is 92.9 cm³/mol. The first-order chi connectivity index (χ1) is 11.5. The third kappa shape index (κ3) is 5.37. The smallest absolute Gasteiger partial charge is 0.244 e. The Morgan fingerprint density at radius 3 is 2.50 bits per heavy atom. The van der Waals surface area contributed by atoms with Gasteiger partial charge in [0.2, 0.25) is 5.91 Å². The first kappa shape index (κ1) is 18.0. The van der Waals surface area contributed by atoms with Gasteiger partial charge >= 0.3 is 0 Å². The first-order valence-electron chi connectivity index (χ1n) is 8.35. The number of ether oxygens (including phenoxy) is 1. The van der Waals surface area contributed by atoms with Gasteiger partial charge in [-0.05, 0) is 58.2 Å². The van der Waals surface area contributed by atoms with Gasteiger partial charge in [0, 0.05) is 6.04 Å². The number of carbonyl (C=O) groups excluding carboxylic acids is 1. The molecule has 0 aliphatic heterocycles. The Morgan fingerprint density at radius 2 is 1.92 bits per heavy atom. The van der Waals surface area contributed by atoms with Gasteiger partial charge < -0.3 is 10.1 Å². The van der Waals surface area contributed by atoms with Crippen LogP contribution in [0.3, 0.4) is 0 Å². The summed E-state index contributed by atoms with van der Waals surface area (Å²) in [5, 5.41) is 7.02. The average molecular weight is 330 g/mol. The number of nitrogens with one attached hydrogen (secondary N) is 1. The summed E-state index contributed by atoms with van der Waals surface area (Å²) in [6.07, 6.45) is 4.94. The molecule has 1 aromatic carbocycles. The van der Waals surface area contributed by atoms with E-state index in [4.69, 9.17) is 4.74 Å². The van der Waals surface area contributed by atoms with Crippen LogP contribution in [0.5, 0.6) is 5.75 Å². The minimum atomic E-state index is -0.359. The lowest BCUT2D eigenvalue weighted by Crippen LogP contribution is -2.37. The molecular formula is C18H26N4O2. The molecule has 0 spiro atoms. The van der Waals surface area contributed by atoms with Crippen molar-refractivity contribution in [2.75, 3.05) is 0 Å². The highest BCUT2D eigenvalue weighted by atomic mass is 16.5. The molecule has 0 aliphatic rings. The van der Waals surface area contributed by atoms with Gasteiger partial charge in [-0.2, -0.15) is 5.10 Å². The molecule has 0 saturated carbocycles. The number of aromatic nitrogens is 3. The van der Waals surface area contributed by atoms with Crippen LogP contribution < -0.4 is 10.1 Å².